The molecule has 19 heavy (non-hydrogen) atoms. The predicted molar refractivity (Wildman–Crippen MR) is 76.6 cm³/mol. The van der Waals surface area contributed by atoms with Crippen molar-refractivity contribution < 1.29 is 19.0 Å². The Balaban J connectivity index is 0. The summed E-state index contributed by atoms with van der Waals surface area (Å²) in [5.41, 5.74) is 5.27. The summed E-state index contributed by atoms with van der Waals surface area (Å²) >= 11 is 0. The Morgan fingerprint density at radius 2 is 1.63 bits per heavy atom. The number of primary amides is 1. The lowest BCUT2D eigenvalue weighted by Crippen LogP contribution is -2.46. The maximum Gasteiger partial charge on any atom is 0.234 e. The highest BCUT2D eigenvalue weighted by molar-refractivity contribution is 5.85. The number of hydrogen-bond donors (Lipinski definition) is 2. The first-order chi connectivity index (χ1) is 8.59. The molecular formula is C12H27ClN2O4. The van der Waals surface area contributed by atoms with Gasteiger partial charge in [0.2, 0.25) is 5.91 Å². The highest BCUT2D eigenvalue weighted by Gasteiger charge is 2.17. The molecule has 0 aromatic carbocycles. The number of rotatable bonds is 12. The van der Waals surface area contributed by atoms with Gasteiger partial charge in [-0.1, -0.05) is 13.8 Å². The van der Waals surface area contributed by atoms with Crippen LogP contribution in [0, 0.1) is 5.92 Å². The summed E-state index contributed by atoms with van der Waals surface area (Å²) in [6.07, 6.45) is 0. The quantitative estimate of drug-likeness (QED) is 0.503. The lowest BCUT2D eigenvalue weighted by molar-refractivity contribution is -0.121. The molecule has 0 saturated carbocycles. The van der Waals surface area contributed by atoms with E-state index < -0.39 is 0 Å². The van der Waals surface area contributed by atoms with Gasteiger partial charge in [0.1, 0.15) is 0 Å². The van der Waals surface area contributed by atoms with Gasteiger partial charge in [0.05, 0.1) is 39.1 Å². The van der Waals surface area contributed by atoms with Gasteiger partial charge in [0.15, 0.2) is 0 Å². The van der Waals surface area contributed by atoms with Crippen LogP contribution in [0.4, 0.5) is 0 Å². The standard InChI is InChI=1S/C12H26N2O4.ClH/c1-10(2)11(12(13)15)14-4-5-17-8-9-18-7-6-16-3;/h10-11,14H,4-9H2,1-3H3,(H2,13,15);1H/t11-;/m0./s1. The second kappa shape index (κ2) is 14.0. The van der Waals surface area contributed by atoms with Crippen LogP contribution in [0.2, 0.25) is 0 Å². The molecule has 0 aromatic heterocycles. The highest BCUT2D eigenvalue weighted by atomic mass is 35.5. The monoisotopic (exact) mass is 298 g/mol. The van der Waals surface area contributed by atoms with Crippen LogP contribution in [-0.2, 0) is 19.0 Å². The van der Waals surface area contributed by atoms with Crippen molar-refractivity contribution in [3.05, 3.63) is 0 Å². The number of halogens is 1. The molecule has 3 N–H and O–H groups in total. The van der Waals surface area contributed by atoms with Crippen LogP contribution in [0.1, 0.15) is 13.8 Å². The normalized spacial score (nSPS) is 12.2. The molecule has 0 aliphatic carbocycles. The highest BCUT2D eigenvalue weighted by Crippen LogP contribution is 1.99. The minimum Gasteiger partial charge on any atom is -0.382 e. The smallest absolute Gasteiger partial charge is 0.234 e. The first kappa shape index (κ1) is 20.9. The Morgan fingerprint density at radius 3 is 2.11 bits per heavy atom. The van der Waals surface area contributed by atoms with Gasteiger partial charge in [0, 0.05) is 13.7 Å². The fourth-order valence-corrected chi connectivity index (χ4v) is 1.42. The van der Waals surface area contributed by atoms with E-state index in [1.807, 2.05) is 13.8 Å². The fourth-order valence-electron chi connectivity index (χ4n) is 1.42. The van der Waals surface area contributed by atoms with E-state index in [2.05, 4.69) is 5.32 Å². The second-order valence-electron chi connectivity index (χ2n) is 4.30. The van der Waals surface area contributed by atoms with E-state index in [0.717, 1.165) is 0 Å². The third-order valence-electron chi connectivity index (χ3n) is 2.39. The molecule has 0 radical (unpaired) electrons. The Labute approximate surface area is 121 Å². The zero-order chi connectivity index (χ0) is 13.8. The summed E-state index contributed by atoms with van der Waals surface area (Å²) in [7, 11) is 1.63. The number of ether oxygens (including phenoxy) is 3. The predicted octanol–water partition coefficient (Wildman–Crippen LogP) is 0.187. The SMILES string of the molecule is COCCOCCOCCN[C@H](C(N)=O)C(C)C.Cl. The first-order valence-corrected chi connectivity index (χ1v) is 6.26. The molecule has 116 valence electrons. The molecule has 0 heterocycles. The van der Waals surface area contributed by atoms with Crippen molar-refractivity contribution in [1.29, 1.82) is 0 Å². The summed E-state index contributed by atoms with van der Waals surface area (Å²) in [4.78, 5) is 11.1. The van der Waals surface area contributed by atoms with E-state index in [-0.39, 0.29) is 30.3 Å². The lowest BCUT2D eigenvalue weighted by Gasteiger charge is -2.18. The van der Waals surface area contributed by atoms with Gasteiger partial charge < -0.3 is 25.3 Å². The average molecular weight is 299 g/mol. The number of hydrogen-bond acceptors (Lipinski definition) is 5. The van der Waals surface area contributed by atoms with Crippen molar-refractivity contribution >= 4 is 18.3 Å². The van der Waals surface area contributed by atoms with E-state index >= 15 is 0 Å². The number of carbonyl (C=O) groups excluding carboxylic acids is 1. The summed E-state index contributed by atoms with van der Waals surface area (Å²) in [6, 6.07) is -0.299. The molecule has 0 aliphatic rings. The molecule has 0 unspecified atom stereocenters. The molecule has 6 nitrogen and oxygen atoms in total. The van der Waals surface area contributed by atoms with Crippen LogP contribution in [-0.4, -0.2) is 58.6 Å². The maximum absolute atomic E-state index is 11.1. The molecule has 0 saturated heterocycles. The Hall–Kier alpha value is -0.400. The third kappa shape index (κ3) is 12.4. The van der Waals surface area contributed by atoms with E-state index in [9.17, 15) is 4.79 Å². The maximum atomic E-state index is 11.1. The molecule has 7 heteroatoms. The van der Waals surface area contributed by atoms with Crippen molar-refractivity contribution in [2.45, 2.75) is 19.9 Å². The van der Waals surface area contributed by atoms with Gasteiger partial charge in [-0.15, -0.1) is 12.4 Å². The van der Waals surface area contributed by atoms with Gasteiger partial charge in [-0.3, -0.25) is 4.79 Å². The molecule has 0 aromatic rings. The Kier molecular flexibility index (Phi) is 15.4. The molecule has 0 spiro atoms. The molecule has 1 amide bonds. The van der Waals surface area contributed by atoms with Crippen LogP contribution in [0.25, 0.3) is 0 Å². The summed E-state index contributed by atoms with van der Waals surface area (Å²) < 4.78 is 15.4. The summed E-state index contributed by atoms with van der Waals surface area (Å²) in [5.74, 6) is -0.146. The Morgan fingerprint density at radius 1 is 1.11 bits per heavy atom. The zero-order valence-corrected chi connectivity index (χ0v) is 12.8. The van der Waals surface area contributed by atoms with Crippen molar-refractivity contribution in [1.82, 2.24) is 5.32 Å². The van der Waals surface area contributed by atoms with Crippen molar-refractivity contribution in [3.63, 3.8) is 0 Å². The molecule has 0 bridgehead atoms. The largest absolute Gasteiger partial charge is 0.382 e. The molecule has 0 rings (SSSR count). The van der Waals surface area contributed by atoms with Crippen molar-refractivity contribution in [3.8, 4) is 0 Å². The van der Waals surface area contributed by atoms with Crippen molar-refractivity contribution in [2.75, 3.05) is 46.7 Å². The molecule has 0 fully saturated rings. The van der Waals surface area contributed by atoms with E-state index in [4.69, 9.17) is 19.9 Å². The second-order valence-corrected chi connectivity index (χ2v) is 4.30. The van der Waals surface area contributed by atoms with Crippen LogP contribution in [0.3, 0.4) is 0 Å². The average Bonchev–Trinajstić information content (AvgIpc) is 2.30. The summed E-state index contributed by atoms with van der Waals surface area (Å²) in [6.45, 7) is 7.29. The minimum absolute atomic E-state index is 0. The zero-order valence-electron chi connectivity index (χ0n) is 12.0. The number of amides is 1. The Bertz CT molecular complexity index is 218. The van der Waals surface area contributed by atoms with E-state index in [0.29, 0.717) is 39.6 Å². The van der Waals surface area contributed by atoms with Gasteiger partial charge >= 0.3 is 0 Å². The topological polar surface area (TPSA) is 82.8 Å². The minimum atomic E-state index is -0.326. The molecule has 0 aliphatic heterocycles. The first-order valence-electron chi connectivity index (χ1n) is 6.26. The van der Waals surface area contributed by atoms with Gasteiger partial charge in [-0.25, -0.2) is 0 Å². The lowest BCUT2D eigenvalue weighted by atomic mass is 10.0. The van der Waals surface area contributed by atoms with Crippen LogP contribution in [0.5, 0.6) is 0 Å². The van der Waals surface area contributed by atoms with Gasteiger partial charge in [0.25, 0.3) is 0 Å². The summed E-state index contributed by atoms with van der Waals surface area (Å²) in [5, 5.41) is 3.07. The van der Waals surface area contributed by atoms with Crippen molar-refractivity contribution in [2.24, 2.45) is 11.7 Å². The van der Waals surface area contributed by atoms with Crippen LogP contribution in [0.15, 0.2) is 0 Å². The van der Waals surface area contributed by atoms with Gasteiger partial charge in [-0.2, -0.15) is 0 Å². The number of carbonyl (C=O) groups is 1. The number of nitrogens with one attached hydrogen (secondary N) is 1. The van der Waals surface area contributed by atoms with E-state index in [1.165, 1.54) is 0 Å². The third-order valence-corrected chi connectivity index (χ3v) is 2.39. The van der Waals surface area contributed by atoms with Crippen LogP contribution >= 0.6 is 12.4 Å². The van der Waals surface area contributed by atoms with Gasteiger partial charge in [-0.05, 0) is 5.92 Å². The van der Waals surface area contributed by atoms with E-state index in [1.54, 1.807) is 7.11 Å². The number of methoxy groups -OCH3 is 1. The fraction of sp³-hybridized carbons (Fsp3) is 0.917. The van der Waals surface area contributed by atoms with Crippen LogP contribution < -0.4 is 11.1 Å². The number of nitrogens with two attached hydrogens (primary N) is 1. The molecule has 1 atom stereocenters. The molecular weight excluding hydrogens is 272 g/mol.